The maximum atomic E-state index is 11.3. The monoisotopic (exact) mass is 404 g/mol. The first kappa shape index (κ1) is 20.8. The lowest BCUT2D eigenvalue weighted by atomic mass is 10.0. The minimum absolute atomic E-state index is 0.000729. The zero-order valence-electron chi connectivity index (χ0n) is 16.9. The van der Waals surface area contributed by atoms with Crippen LogP contribution in [0.1, 0.15) is 56.9 Å². The molecule has 0 amide bonds. The fourth-order valence-corrected chi connectivity index (χ4v) is 4.64. The van der Waals surface area contributed by atoms with Crippen LogP contribution >= 0.6 is 0 Å². The molecular formula is C23H32O6. The van der Waals surface area contributed by atoms with Crippen LogP contribution in [0.4, 0.5) is 0 Å². The van der Waals surface area contributed by atoms with Crippen molar-refractivity contribution in [1.82, 2.24) is 0 Å². The molecule has 29 heavy (non-hydrogen) atoms. The number of cyclic esters (lactones) is 1. The zero-order valence-corrected chi connectivity index (χ0v) is 16.9. The molecule has 0 bridgehead atoms. The van der Waals surface area contributed by atoms with E-state index in [1.165, 1.54) is 0 Å². The Morgan fingerprint density at radius 1 is 0.966 bits per heavy atom. The molecule has 4 rings (SSSR count). The molecule has 1 aromatic rings. The van der Waals surface area contributed by atoms with Gasteiger partial charge in [0.05, 0.1) is 37.1 Å². The van der Waals surface area contributed by atoms with Crippen molar-refractivity contribution in [2.75, 3.05) is 6.61 Å². The molecule has 0 radical (unpaired) electrons. The van der Waals surface area contributed by atoms with E-state index in [-0.39, 0.29) is 36.5 Å². The number of hydrogen-bond donors (Lipinski definition) is 1. The lowest BCUT2D eigenvalue weighted by Crippen LogP contribution is -2.33. The van der Waals surface area contributed by atoms with Gasteiger partial charge in [0.2, 0.25) is 0 Å². The Labute approximate surface area is 172 Å². The van der Waals surface area contributed by atoms with Gasteiger partial charge in [0, 0.05) is 13.0 Å². The van der Waals surface area contributed by atoms with Crippen molar-refractivity contribution in [2.24, 2.45) is 0 Å². The van der Waals surface area contributed by atoms with Gasteiger partial charge in [-0.15, -0.1) is 0 Å². The smallest absolute Gasteiger partial charge is 0.306 e. The third-order valence-corrected chi connectivity index (χ3v) is 6.24. The normalized spacial score (nSPS) is 33.1. The summed E-state index contributed by atoms with van der Waals surface area (Å²) >= 11 is 0. The highest BCUT2D eigenvalue weighted by molar-refractivity contribution is 5.71. The fourth-order valence-electron chi connectivity index (χ4n) is 4.64. The molecule has 160 valence electrons. The van der Waals surface area contributed by atoms with Crippen LogP contribution < -0.4 is 0 Å². The third-order valence-electron chi connectivity index (χ3n) is 6.24. The molecule has 0 spiro atoms. The summed E-state index contributed by atoms with van der Waals surface area (Å²) in [4.78, 5) is 11.3. The number of aliphatic hydroxyl groups excluding tert-OH is 1. The summed E-state index contributed by atoms with van der Waals surface area (Å²) in [5.74, 6) is -0.116. The lowest BCUT2D eigenvalue weighted by Gasteiger charge is -2.24. The summed E-state index contributed by atoms with van der Waals surface area (Å²) in [6, 6.07) is 10.1. The average molecular weight is 405 g/mol. The molecule has 1 N–H and O–H groups in total. The van der Waals surface area contributed by atoms with Crippen LogP contribution in [0, 0.1) is 0 Å². The van der Waals surface area contributed by atoms with E-state index in [9.17, 15) is 9.90 Å². The Morgan fingerprint density at radius 3 is 2.45 bits per heavy atom. The molecule has 3 aliphatic heterocycles. The minimum atomic E-state index is -0.465. The predicted octanol–water partition coefficient (Wildman–Crippen LogP) is 3.15. The van der Waals surface area contributed by atoms with Gasteiger partial charge in [-0.1, -0.05) is 30.3 Å². The zero-order chi connectivity index (χ0) is 20.1. The first-order valence-corrected chi connectivity index (χ1v) is 11.0. The van der Waals surface area contributed by atoms with Gasteiger partial charge in [0.25, 0.3) is 0 Å². The standard InChI is InChI=1S/C23H32O6/c24-17(7-4-14-26-15-16-5-2-1-3-6-16)18-8-9-19(27-18)20-10-11-21(28-20)22-12-13-23(25)29-22/h1-3,5-6,17-22,24H,4,7-15H2/t17-,18+,19+,20+,21+,22+/m1/s1. The van der Waals surface area contributed by atoms with Crippen molar-refractivity contribution in [3.63, 3.8) is 0 Å². The largest absolute Gasteiger partial charge is 0.460 e. The van der Waals surface area contributed by atoms with Gasteiger partial charge in [-0.05, 0) is 50.5 Å². The third kappa shape index (κ3) is 5.57. The quantitative estimate of drug-likeness (QED) is 0.503. The maximum Gasteiger partial charge on any atom is 0.306 e. The van der Waals surface area contributed by atoms with Crippen LogP contribution in [0.15, 0.2) is 30.3 Å². The van der Waals surface area contributed by atoms with Gasteiger partial charge in [-0.25, -0.2) is 0 Å². The van der Waals surface area contributed by atoms with E-state index in [0.29, 0.717) is 26.1 Å². The Bertz CT molecular complexity index is 650. The lowest BCUT2D eigenvalue weighted by molar-refractivity contribution is -0.149. The molecule has 3 heterocycles. The molecule has 0 saturated carbocycles. The molecule has 6 atom stereocenters. The number of hydrogen-bond acceptors (Lipinski definition) is 6. The van der Waals surface area contributed by atoms with Gasteiger partial charge in [-0.3, -0.25) is 4.79 Å². The van der Waals surface area contributed by atoms with Crippen molar-refractivity contribution in [1.29, 1.82) is 0 Å². The highest BCUT2D eigenvalue weighted by Crippen LogP contribution is 2.36. The SMILES string of the molecule is O=C1CC[C@@H]([C@@H]2CC[C@@H]([C@@H]3CC[C@@H]([C@H](O)CCCOCc4ccccc4)O3)O2)O1. The van der Waals surface area contributed by atoms with Crippen molar-refractivity contribution >= 4 is 5.97 Å². The van der Waals surface area contributed by atoms with E-state index in [4.69, 9.17) is 18.9 Å². The number of aliphatic hydroxyl groups is 1. The number of carbonyl (C=O) groups is 1. The fraction of sp³-hybridized carbons (Fsp3) is 0.696. The molecule has 3 aliphatic rings. The molecule has 0 unspecified atom stereocenters. The van der Waals surface area contributed by atoms with Crippen LogP contribution in [0.3, 0.4) is 0 Å². The number of carbonyl (C=O) groups excluding carboxylic acids is 1. The summed E-state index contributed by atoms with van der Waals surface area (Å²) in [6.45, 7) is 1.24. The van der Waals surface area contributed by atoms with Crippen molar-refractivity contribution < 1.29 is 28.8 Å². The first-order chi connectivity index (χ1) is 14.2. The topological polar surface area (TPSA) is 74.2 Å². The average Bonchev–Trinajstić information content (AvgIpc) is 3.48. The summed E-state index contributed by atoms with van der Waals surface area (Å²) in [7, 11) is 0. The first-order valence-electron chi connectivity index (χ1n) is 11.0. The Kier molecular flexibility index (Phi) is 7.19. The Balaban J connectivity index is 1.12. The second-order valence-electron chi connectivity index (χ2n) is 8.40. The summed E-state index contributed by atoms with van der Waals surface area (Å²) in [5, 5.41) is 10.5. The number of benzene rings is 1. The highest BCUT2D eigenvalue weighted by Gasteiger charge is 2.43. The Hall–Kier alpha value is -1.47. The van der Waals surface area contributed by atoms with Crippen molar-refractivity contribution in [3.8, 4) is 0 Å². The van der Waals surface area contributed by atoms with E-state index in [0.717, 1.165) is 44.1 Å². The van der Waals surface area contributed by atoms with Gasteiger partial charge < -0.3 is 24.1 Å². The summed E-state index contributed by atoms with van der Waals surface area (Å²) in [5.41, 5.74) is 1.16. The summed E-state index contributed by atoms with van der Waals surface area (Å²) < 4.78 is 23.3. The number of esters is 1. The van der Waals surface area contributed by atoms with Gasteiger partial charge >= 0.3 is 5.97 Å². The molecule has 1 aromatic carbocycles. The van der Waals surface area contributed by atoms with E-state index >= 15 is 0 Å². The van der Waals surface area contributed by atoms with E-state index in [2.05, 4.69) is 0 Å². The van der Waals surface area contributed by atoms with Crippen LogP contribution in [0.5, 0.6) is 0 Å². The van der Waals surface area contributed by atoms with Crippen LogP contribution in [0.2, 0.25) is 0 Å². The molecule has 3 fully saturated rings. The second kappa shape index (κ2) is 10.0. The molecule has 0 aromatic heterocycles. The molecule has 3 saturated heterocycles. The second-order valence-corrected chi connectivity index (χ2v) is 8.40. The molecule has 6 heteroatoms. The molecular weight excluding hydrogens is 372 g/mol. The van der Waals surface area contributed by atoms with Crippen molar-refractivity contribution in [3.05, 3.63) is 35.9 Å². The van der Waals surface area contributed by atoms with Gasteiger partial charge in [0.1, 0.15) is 6.10 Å². The van der Waals surface area contributed by atoms with Crippen LogP contribution in [-0.2, 0) is 30.3 Å². The summed E-state index contributed by atoms with van der Waals surface area (Å²) in [6.07, 6.45) is 5.76. The maximum absolute atomic E-state index is 11.3. The van der Waals surface area contributed by atoms with Crippen molar-refractivity contribution in [2.45, 2.75) is 94.6 Å². The van der Waals surface area contributed by atoms with Crippen LogP contribution in [0.25, 0.3) is 0 Å². The van der Waals surface area contributed by atoms with E-state index in [1.807, 2.05) is 30.3 Å². The van der Waals surface area contributed by atoms with E-state index in [1.54, 1.807) is 0 Å². The minimum Gasteiger partial charge on any atom is -0.460 e. The number of ether oxygens (including phenoxy) is 4. The van der Waals surface area contributed by atoms with E-state index < -0.39 is 6.10 Å². The predicted molar refractivity (Wildman–Crippen MR) is 106 cm³/mol. The Morgan fingerprint density at radius 2 is 1.69 bits per heavy atom. The number of rotatable bonds is 9. The molecule has 6 nitrogen and oxygen atoms in total. The molecule has 0 aliphatic carbocycles. The van der Waals surface area contributed by atoms with Gasteiger partial charge in [0.15, 0.2) is 0 Å². The van der Waals surface area contributed by atoms with Gasteiger partial charge in [-0.2, -0.15) is 0 Å². The highest BCUT2D eigenvalue weighted by atomic mass is 16.6. The van der Waals surface area contributed by atoms with Crippen LogP contribution in [-0.4, -0.2) is 54.3 Å².